The number of carbonyl (C=O) groups excluding carboxylic acids is 1. The molecule has 0 bridgehead atoms. The van der Waals surface area contributed by atoms with E-state index >= 15 is 0 Å². The van der Waals surface area contributed by atoms with Gasteiger partial charge in [0.2, 0.25) is 5.91 Å². The molecule has 23 heavy (non-hydrogen) atoms. The Kier molecular flexibility index (Phi) is 5.06. The summed E-state index contributed by atoms with van der Waals surface area (Å²) in [5, 5.41) is 19.6. The molecule has 0 saturated carbocycles. The number of hydrogen-bond donors (Lipinski definition) is 1. The summed E-state index contributed by atoms with van der Waals surface area (Å²) in [5.41, 5.74) is -0.853. The standard InChI is InChI=1S/C13H15N3O7/c17-11-2-1-9(16(21)22)6-14(11)7-12(18)15-3-4-23-8-10(15)5-13(19)20/h1-2,6,10H,3-5,7-8H2,(H,19,20). The minimum absolute atomic E-state index is 0.0991. The number of ether oxygens (including phenoxy) is 1. The highest BCUT2D eigenvalue weighted by Gasteiger charge is 2.29. The molecule has 1 aromatic heterocycles. The molecule has 2 rings (SSSR count). The van der Waals surface area contributed by atoms with E-state index in [-0.39, 0.29) is 31.9 Å². The normalized spacial score (nSPS) is 17.7. The van der Waals surface area contributed by atoms with Gasteiger partial charge >= 0.3 is 5.97 Å². The molecule has 0 aliphatic carbocycles. The van der Waals surface area contributed by atoms with E-state index in [1.165, 1.54) is 4.90 Å². The highest BCUT2D eigenvalue weighted by molar-refractivity contribution is 5.77. The molecule has 1 N–H and O–H groups in total. The van der Waals surface area contributed by atoms with Crippen molar-refractivity contribution >= 4 is 17.6 Å². The van der Waals surface area contributed by atoms with Crippen molar-refractivity contribution < 1.29 is 24.4 Å². The van der Waals surface area contributed by atoms with Crippen LogP contribution in [-0.4, -0.2) is 57.2 Å². The minimum atomic E-state index is -1.06. The average molecular weight is 325 g/mol. The van der Waals surface area contributed by atoms with Crippen molar-refractivity contribution in [2.45, 2.75) is 19.0 Å². The minimum Gasteiger partial charge on any atom is -0.481 e. The van der Waals surface area contributed by atoms with Crippen LogP contribution in [0.15, 0.2) is 23.1 Å². The first-order chi connectivity index (χ1) is 10.9. The zero-order chi connectivity index (χ0) is 17.0. The van der Waals surface area contributed by atoms with Crippen LogP contribution in [0.4, 0.5) is 5.69 Å². The molecule has 1 aliphatic rings. The van der Waals surface area contributed by atoms with Gasteiger partial charge in [-0.1, -0.05) is 0 Å². The summed E-state index contributed by atoms with van der Waals surface area (Å²) < 4.78 is 6.11. The molecule has 0 aromatic carbocycles. The maximum atomic E-state index is 12.3. The highest BCUT2D eigenvalue weighted by Crippen LogP contribution is 2.12. The molecule has 1 amide bonds. The van der Waals surface area contributed by atoms with Gasteiger partial charge in [0, 0.05) is 18.7 Å². The maximum absolute atomic E-state index is 12.3. The third-order valence-corrected chi connectivity index (χ3v) is 3.44. The number of nitro groups is 1. The lowest BCUT2D eigenvalue weighted by Gasteiger charge is -2.34. The zero-order valence-electron chi connectivity index (χ0n) is 12.1. The molecule has 0 radical (unpaired) electrons. The second-order valence-electron chi connectivity index (χ2n) is 5.02. The van der Waals surface area contributed by atoms with E-state index in [9.17, 15) is 24.5 Å². The van der Waals surface area contributed by atoms with Gasteiger partial charge < -0.3 is 14.7 Å². The lowest BCUT2D eigenvalue weighted by Crippen LogP contribution is -2.51. The number of morpholine rings is 1. The van der Waals surface area contributed by atoms with E-state index in [2.05, 4.69) is 0 Å². The van der Waals surface area contributed by atoms with Gasteiger partial charge in [-0.2, -0.15) is 0 Å². The molecule has 1 aliphatic heterocycles. The van der Waals surface area contributed by atoms with Crippen LogP contribution in [0.2, 0.25) is 0 Å². The Hall–Kier alpha value is -2.75. The molecule has 1 aromatic rings. The Bertz CT molecular complexity index is 684. The predicted octanol–water partition coefficient (Wildman–Crippen LogP) is -0.541. The summed E-state index contributed by atoms with van der Waals surface area (Å²) >= 11 is 0. The molecular formula is C13H15N3O7. The van der Waals surface area contributed by atoms with Gasteiger partial charge in [0.1, 0.15) is 6.54 Å². The number of hydrogen-bond acceptors (Lipinski definition) is 6. The van der Waals surface area contributed by atoms with Crippen LogP contribution in [0.5, 0.6) is 0 Å². The molecule has 10 nitrogen and oxygen atoms in total. The fourth-order valence-corrected chi connectivity index (χ4v) is 2.34. The smallest absolute Gasteiger partial charge is 0.305 e. The van der Waals surface area contributed by atoms with Crippen molar-refractivity contribution in [3.05, 3.63) is 38.8 Å². The third kappa shape index (κ3) is 4.13. The molecule has 10 heteroatoms. The molecular weight excluding hydrogens is 310 g/mol. The molecule has 1 fully saturated rings. The average Bonchev–Trinajstić information content (AvgIpc) is 2.49. The second kappa shape index (κ2) is 7.01. The molecule has 124 valence electrons. The third-order valence-electron chi connectivity index (χ3n) is 3.44. The number of carboxylic acid groups (broad SMARTS) is 1. The number of pyridine rings is 1. The fraction of sp³-hybridized carbons (Fsp3) is 0.462. The van der Waals surface area contributed by atoms with Gasteiger partial charge in [0.15, 0.2) is 0 Å². The van der Waals surface area contributed by atoms with E-state index in [0.717, 1.165) is 22.9 Å². The van der Waals surface area contributed by atoms with Gasteiger partial charge in [0.25, 0.3) is 11.2 Å². The van der Waals surface area contributed by atoms with Crippen LogP contribution in [-0.2, 0) is 20.9 Å². The summed E-state index contributed by atoms with van der Waals surface area (Å²) in [7, 11) is 0. The van der Waals surface area contributed by atoms with Gasteiger partial charge in [-0.3, -0.25) is 29.1 Å². The topological polar surface area (TPSA) is 132 Å². The summed E-state index contributed by atoms with van der Waals surface area (Å²) in [4.78, 5) is 46.3. The van der Waals surface area contributed by atoms with Gasteiger partial charge in [-0.25, -0.2) is 0 Å². The number of carboxylic acids is 1. The van der Waals surface area contributed by atoms with Crippen LogP contribution in [0.3, 0.4) is 0 Å². The summed E-state index contributed by atoms with van der Waals surface area (Å²) in [6.45, 7) is 0.185. The van der Waals surface area contributed by atoms with E-state index in [1.807, 2.05) is 0 Å². The first-order valence-corrected chi connectivity index (χ1v) is 6.82. The fourth-order valence-electron chi connectivity index (χ4n) is 2.34. The highest BCUT2D eigenvalue weighted by atomic mass is 16.6. The lowest BCUT2D eigenvalue weighted by molar-refractivity contribution is -0.385. The van der Waals surface area contributed by atoms with Crippen molar-refractivity contribution in [1.82, 2.24) is 9.47 Å². The van der Waals surface area contributed by atoms with Gasteiger partial charge in [-0.05, 0) is 0 Å². The Morgan fingerprint density at radius 3 is 2.83 bits per heavy atom. The molecule has 1 saturated heterocycles. The number of aromatic nitrogens is 1. The summed E-state index contributed by atoms with van der Waals surface area (Å²) in [5.74, 6) is -1.55. The van der Waals surface area contributed by atoms with Crippen molar-refractivity contribution in [2.24, 2.45) is 0 Å². The van der Waals surface area contributed by atoms with Crippen molar-refractivity contribution in [1.29, 1.82) is 0 Å². The molecule has 2 heterocycles. The molecule has 1 atom stereocenters. The van der Waals surface area contributed by atoms with E-state index in [4.69, 9.17) is 9.84 Å². The van der Waals surface area contributed by atoms with E-state index in [1.54, 1.807) is 0 Å². The Labute approximate surface area is 130 Å². The lowest BCUT2D eigenvalue weighted by atomic mass is 10.1. The summed E-state index contributed by atoms with van der Waals surface area (Å²) in [6.07, 6.45) is 0.725. The van der Waals surface area contributed by atoms with Crippen LogP contribution in [0.25, 0.3) is 0 Å². The van der Waals surface area contributed by atoms with Crippen LogP contribution >= 0.6 is 0 Å². The molecule has 0 spiro atoms. The SMILES string of the molecule is O=C(O)CC1COCCN1C(=O)Cn1cc([N+](=O)[O-])ccc1=O. The Balaban J connectivity index is 2.17. The first-order valence-electron chi connectivity index (χ1n) is 6.82. The van der Waals surface area contributed by atoms with E-state index in [0.29, 0.717) is 0 Å². The van der Waals surface area contributed by atoms with Crippen LogP contribution in [0, 0.1) is 10.1 Å². The Morgan fingerprint density at radius 1 is 1.43 bits per heavy atom. The van der Waals surface area contributed by atoms with Crippen molar-refractivity contribution in [3.8, 4) is 0 Å². The van der Waals surface area contributed by atoms with Crippen molar-refractivity contribution in [3.63, 3.8) is 0 Å². The number of nitrogens with zero attached hydrogens (tertiary/aromatic N) is 3. The van der Waals surface area contributed by atoms with Crippen LogP contribution in [0.1, 0.15) is 6.42 Å². The Morgan fingerprint density at radius 2 is 2.17 bits per heavy atom. The number of amides is 1. The molecule has 1 unspecified atom stereocenters. The first kappa shape index (κ1) is 16.6. The van der Waals surface area contributed by atoms with Gasteiger partial charge in [-0.15, -0.1) is 0 Å². The largest absolute Gasteiger partial charge is 0.481 e. The van der Waals surface area contributed by atoms with Gasteiger partial charge in [0.05, 0.1) is 36.8 Å². The number of rotatable bonds is 5. The number of carbonyl (C=O) groups is 2. The monoisotopic (exact) mass is 325 g/mol. The summed E-state index contributed by atoms with van der Waals surface area (Å²) in [6, 6.07) is 1.45. The zero-order valence-corrected chi connectivity index (χ0v) is 12.1. The maximum Gasteiger partial charge on any atom is 0.305 e. The number of aliphatic carboxylic acids is 1. The van der Waals surface area contributed by atoms with Crippen molar-refractivity contribution in [2.75, 3.05) is 19.8 Å². The quantitative estimate of drug-likeness (QED) is 0.568. The second-order valence-corrected chi connectivity index (χ2v) is 5.02. The van der Waals surface area contributed by atoms with E-state index < -0.39 is 34.9 Å². The van der Waals surface area contributed by atoms with Crippen LogP contribution < -0.4 is 5.56 Å². The predicted molar refractivity (Wildman–Crippen MR) is 75.9 cm³/mol.